The van der Waals surface area contributed by atoms with E-state index in [2.05, 4.69) is 16.6 Å². The second-order valence-corrected chi connectivity index (χ2v) is 10.6. The van der Waals surface area contributed by atoms with Crippen molar-refractivity contribution in [2.45, 2.75) is 30.7 Å². The van der Waals surface area contributed by atoms with Gasteiger partial charge < -0.3 is 10.2 Å². The van der Waals surface area contributed by atoms with Crippen LogP contribution in [0, 0.1) is 5.92 Å². The first-order valence-corrected chi connectivity index (χ1v) is 12.6. The van der Waals surface area contributed by atoms with Crippen molar-refractivity contribution in [1.82, 2.24) is 10.0 Å². The first-order valence-electron chi connectivity index (χ1n) is 11.0. The molecule has 2 aliphatic rings. The largest absolute Gasteiger partial charge is 0.416 e. The zero-order valence-electron chi connectivity index (χ0n) is 18.6. The van der Waals surface area contributed by atoms with Gasteiger partial charge >= 0.3 is 6.18 Å². The number of nitrogens with zero attached hydrogens (tertiary/aromatic N) is 1. The second-order valence-electron chi connectivity index (χ2n) is 8.65. The molecule has 2 aromatic carbocycles. The van der Waals surface area contributed by atoms with E-state index in [-0.39, 0.29) is 23.9 Å². The highest BCUT2D eigenvalue weighted by molar-refractivity contribution is 7.91. The smallest absolute Gasteiger partial charge is 0.352 e. The lowest BCUT2D eigenvalue weighted by atomic mass is 9.88. The standard InChI is InChI=1S/C24H24F3N3O4S/c1-2-22(31)28-13-15-12-20-19(23(32)29-35(33,34)18-10-11-18)4-3-5-21(20)30(14-15)17-8-6-16(7-9-17)24(25,26)27/h2-9,15,18H,1,10-14H2,(H,28,31)(H,29,32)/t15-/m0/s1. The molecule has 1 fully saturated rings. The first kappa shape index (κ1) is 24.8. The lowest BCUT2D eigenvalue weighted by Gasteiger charge is -2.37. The quantitative estimate of drug-likeness (QED) is 0.559. The van der Waals surface area contributed by atoms with Crippen LogP contribution in [0.5, 0.6) is 0 Å². The second kappa shape index (κ2) is 9.37. The molecule has 1 saturated carbocycles. The van der Waals surface area contributed by atoms with Crippen LogP contribution < -0.4 is 14.9 Å². The van der Waals surface area contributed by atoms with Crippen molar-refractivity contribution in [3.05, 3.63) is 71.8 Å². The molecule has 0 unspecified atom stereocenters. The number of alkyl halides is 3. The third-order valence-corrected chi connectivity index (χ3v) is 7.89. The molecule has 2 N–H and O–H groups in total. The molecule has 0 saturated heterocycles. The fourth-order valence-corrected chi connectivity index (χ4v) is 5.43. The molecular weight excluding hydrogens is 483 g/mol. The van der Waals surface area contributed by atoms with Gasteiger partial charge in [-0.25, -0.2) is 13.1 Å². The summed E-state index contributed by atoms with van der Waals surface area (Å²) in [5.74, 6) is -1.34. The molecule has 1 heterocycles. The fraction of sp³-hybridized carbons (Fsp3) is 0.333. The van der Waals surface area contributed by atoms with Crippen molar-refractivity contribution in [2.24, 2.45) is 5.92 Å². The fourth-order valence-electron chi connectivity index (χ4n) is 4.14. The number of hydrogen-bond acceptors (Lipinski definition) is 5. The third-order valence-electron chi connectivity index (χ3n) is 6.08. The van der Waals surface area contributed by atoms with E-state index < -0.39 is 32.9 Å². The molecule has 2 amide bonds. The Morgan fingerprint density at radius 1 is 1.11 bits per heavy atom. The van der Waals surface area contributed by atoms with Crippen LogP contribution in [0.4, 0.5) is 24.5 Å². The number of carbonyl (C=O) groups is 2. The summed E-state index contributed by atoms with van der Waals surface area (Å²) in [6.07, 6.45) is -1.98. The van der Waals surface area contributed by atoms with Gasteiger partial charge in [0.05, 0.1) is 10.8 Å². The molecule has 0 aromatic heterocycles. The van der Waals surface area contributed by atoms with Gasteiger partial charge in [-0.15, -0.1) is 0 Å². The average Bonchev–Trinajstić information content (AvgIpc) is 3.67. The third kappa shape index (κ3) is 5.50. The number of amides is 2. The number of rotatable bonds is 7. The maximum Gasteiger partial charge on any atom is 0.416 e. The maximum atomic E-state index is 13.1. The van der Waals surface area contributed by atoms with E-state index in [4.69, 9.17) is 0 Å². The number of benzene rings is 2. The van der Waals surface area contributed by atoms with Gasteiger partial charge in [0.1, 0.15) is 0 Å². The van der Waals surface area contributed by atoms with Crippen LogP contribution in [-0.2, 0) is 27.4 Å². The minimum absolute atomic E-state index is 0.170. The van der Waals surface area contributed by atoms with Gasteiger partial charge in [0.2, 0.25) is 15.9 Å². The first-order chi connectivity index (χ1) is 16.5. The summed E-state index contributed by atoms with van der Waals surface area (Å²) in [4.78, 5) is 26.4. The molecule has 35 heavy (non-hydrogen) atoms. The number of sulfonamides is 1. The van der Waals surface area contributed by atoms with Gasteiger partial charge in [0.25, 0.3) is 5.91 Å². The Hall–Kier alpha value is -3.34. The van der Waals surface area contributed by atoms with Gasteiger partial charge in [0.15, 0.2) is 0 Å². The monoisotopic (exact) mass is 507 g/mol. The number of nitrogens with one attached hydrogen (secondary N) is 2. The van der Waals surface area contributed by atoms with Crippen molar-refractivity contribution in [3.63, 3.8) is 0 Å². The summed E-state index contributed by atoms with van der Waals surface area (Å²) in [5.41, 5.74) is 1.00. The number of halogens is 3. The summed E-state index contributed by atoms with van der Waals surface area (Å²) in [6.45, 7) is 4.01. The summed E-state index contributed by atoms with van der Waals surface area (Å²) < 4.78 is 66.0. The summed E-state index contributed by atoms with van der Waals surface area (Å²) in [5, 5.41) is 2.14. The van der Waals surface area contributed by atoms with Crippen molar-refractivity contribution in [3.8, 4) is 0 Å². The van der Waals surface area contributed by atoms with Crippen LogP contribution in [0.3, 0.4) is 0 Å². The zero-order chi connectivity index (χ0) is 25.4. The number of hydrogen-bond donors (Lipinski definition) is 2. The average molecular weight is 508 g/mol. The highest BCUT2D eigenvalue weighted by Gasteiger charge is 2.38. The van der Waals surface area contributed by atoms with Crippen LogP contribution in [0.2, 0.25) is 0 Å². The highest BCUT2D eigenvalue weighted by atomic mass is 32.2. The highest BCUT2D eigenvalue weighted by Crippen LogP contribution is 2.39. The zero-order valence-corrected chi connectivity index (χ0v) is 19.5. The van der Waals surface area contributed by atoms with Crippen LogP contribution in [0.25, 0.3) is 0 Å². The summed E-state index contributed by atoms with van der Waals surface area (Å²) in [7, 11) is -3.77. The Labute approximate surface area is 201 Å². The molecule has 0 bridgehead atoms. The number of fused-ring (bicyclic) bond motifs is 1. The Balaban J connectivity index is 1.70. The van der Waals surface area contributed by atoms with Gasteiger partial charge in [-0.1, -0.05) is 12.6 Å². The predicted octanol–water partition coefficient (Wildman–Crippen LogP) is 3.54. The van der Waals surface area contributed by atoms with E-state index >= 15 is 0 Å². The summed E-state index contributed by atoms with van der Waals surface area (Å²) in [6, 6.07) is 9.52. The lowest BCUT2D eigenvalue weighted by molar-refractivity contribution is -0.137. The predicted molar refractivity (Wildman–Crippen MR) is 125 cm³/mol. The van der Waals surface area contributed by atoms with Crippen molar-refractivity contribution in [2.75, 3.05) is 18.0 Å². The normalized spacial score (nSPS) is 17.9. The Kier molecular flexibility index (Phi) is 6.63. The van der Waals surface area contributed by atoms with E-state index in [0.29, 0.717) is 42.7 Å². The topological polar surface area (TPSA) is 95.6 Å². The molecule has 0 radical (unpaired) electrons. The number of anilines is 2. The molecule has 1 aliphatic heterocycles. The molecule has 4 rings (SSSR count). The molecule has 0 spiro atoms. The van der Waals surface area contributed by atoms with Crippen molar-refractivity contribution in [1.29, 1.82) is 0 Å². The Morgan fingerprint density at radius 3 is 2.40 bits per heavy atom. The molecule has 11 heteroatoms. The van der Waals surface area contributed by atoms with Crippen LogP contribution in [0.15, 0.2) is 55.1 Å². The van der Waals surface area contributed by atoms with E-state index in [1.54, 1.807) is 17.0 Å². The Morgan fingerprint density at radius 2 is 1.80 bits per heavy atom. The van der Waals surface area contributed by atoms with E-state index in [1.807, 2.05) is 0 Å². The van der Waals surface area contributed by atoms with E-state index in [9.17, 15) is 31.2 Å². The molecule has 186 valence electrons. The van der Waals surface area contributed by atoms with Crippen molar-refractivity contribution < 1.29 is 31.2 Å². The van der Waals surface area contributed by atoms with Gasteiger partial charge in [-0.05, 0) is 73.2 Å². The SMILES string of the molecule is C=CC(=O)NC[C@@H]1Cc2c(C(=O)NS(=O)(=O)C3CC3)cccc2N(c2ccc(C(F)(F)F)cc2)C1. The van der Waals surface area contributed by atoms with Crippen LogP contribution in [0.1, 0.15) is 34.3 Å². The number of carbonyl (C=O) groups excluding carboxylic acids is 2. The Bertz CT molecular complexity index is 1260. The molecular formula is C24H24F3N3O4S. The summed E-state index contributed by atoms with van der Waals surface area (Å²) >= 11 is 0. The maximum absolute atomic E-state index is 13.1. The van der Waals surface area contributed by atoms with E-state index in [1.165, 1.54) is 18.2 Å². The van der Waals surface area contributed by atoms with E-state index in [0.717, 1.165) is 18.2 Å². The van der Waals surface area contributed by atoms with Gasteiger partial charge in [-0.2, -0.15) is 13.2 Å². The molecule has 1 aliphatic carbocycles. The molecule has 7 nitrogen and oxygen atoms in total. The van der Waals surface area contributed by atoms with Crippen LogP contribution >= 0.6 is 0 Å². The minimum Gasteiger partial charge on any atom is -0.352 e. The van der Waals surface area contributed by atoms with Crippen molar-refractivity contribution >= 4 is 33.2 Å². The van der Waals surface area contributed by atoms with Gasteiger partial charge in [-0.3, -0.25) is 9.59 Å². The van der Waals surface area contributed by atoms with Gasteiger partial charge in [0, 0.05) is 30.0 Å². The molecule has 1 atom stereocenters. The minimum atomic E-state index is -4.48. The lowest BCUT2D eigenvalue weighted by Crippen LogP contribution is -2.40. The molecule has 2 aromatic rings. The van der Waals surface area contributed by atoms with Crippen LogP contribution in [-0.4, -0.2) is 38.6 Å².